The molecule has 0 aliphatic carbocycles. The molecule has 116 valence electrons. The Bertz CT molecular complexity index is 465. The predicted molar refractivity (Wildman–Crippen MR) is 85.6 cm³/mol. The largest absolute Gasteiger partial charge is 0.354 e. The molecule has 21 heavy (non-hydrogen) atoms. The van der Waals surface area contributed by atoms with Crippen LogP contribution in [0.15, 0.2) is 18.2 Å². The lowest BCUT2D eigenvalue weighted by Gasteiger charge is -2.35. The van der Waals surface area contributed by atoms with Crippen molar-refractivity contribution in [2.75, 3.05) is 50.7 Å². The third-order valence-electron chi connectivity index (χ3n) is 4.04. The first-order chi connectivity index (χ1) is 10.1. The van der Waals surface area contributed by atoms with E-state index in [1.165, 1.54) is 0 Å². The van der Waals surface area contributed by atoms with Crippen molar-refractivity contribution in [1.82, 2.24) is 14.8 Å². The number of hydrogen-bond donors (Lipinski definition) is 0. The topological polar surface area (TPSA) is 39.7 Å². The summed E-state index contributed by atoms with van der Waals surface area (Å²) in [5, 5.41) is 0. The van der Waals surface area contributed by atoms with Crippen LogP contribution in [-0.2, 0) is 4.79 Å². The van der Waals surface area contributed by atoms with Crippen molar-refractivity contribution in [2.45, 2.75) is 20.8 Å². The van der Waals surface area contributed by atoms with E-state index in [-0.39, 0.29) is 5.91 Å². The zero-order valence-corrected chi connectivity index (χ0v) is 13.4. The van der Waals surface area contributed by atoms with Gasteiger partial charge in [0.1, 0.15) is 5.82 Å². The van der Waals surface area contributed by atoms with Crippen LogP contribution in [0.2, 0.25) is 0 Å². The van der Waals surface area contributed by atoms with Gasteiger partial charge in [-0.3, -0.25) is 9.69 Å². The number of hydrogen-bond acceptors (Lipinski definition) is 4. The minimum Gasteiger partial charge on any atom is -0.354 e. The number of pyridine rings is 1. The molecule has 0 N–H and O–H groups in total. The molecule has 1 aliphatic rings. The van der Waals surface area contributed by atoms with E-state index < -0.39 is 0 Å². The van der Waals surface area contributed by atoms with E-state index in [0.29, 0.717) is 6.54 Å². The summed E-state index contributed by atoms with van der Waals surface area (Å²) in [6.07, 6.45) is 0. The number of nitrogens with zero attached hydrogens (tertiary/aromatic N) is 4. The summed E-state index contributed by atoms with van der Waals surface area (Å²) in [7, 11) is 0. The zero-order valence-electron chi connectivity index (χ0n) is 13.4. The maximum atomic E-state index is 12.1. The van der Waals surface area contributed by atoms with Crippen molar-refractivity contribution in [3.8, 4) is 0 Å². The molecule has 0 saturated carbocycles. The van der Waals surface area contributed by atoms with Gasteiger partial charge in [0.2, 0.25) is 5.91 Å². The number of anilines is 1. The fourth-order valence-electron chi connectivity index (χ4n) is 2.71. The molecule has 0 spiro atoms. The van der Waals surface area contributed by atoms with E-state index in [4.69, 9.17) is 0 Å². The van der Waals surface area contributed by atoms with Gasteiger partial charge in [-0.2, -0.15) is 0 Å². The summed E-state index contributed by atoms with van der Waals surface area (Å²) in [6, 6.07) is 6.13. The maximum absolute atomic E-state index is 12.1. The third-order valence-corrected chi connectivity index (χ3v) is 4.04. The van der Waals surface area contributed by atoms with Gasteiger partial charge in [-0.1, -0.05) is 6.07 Å². The maximum Gasteiger partial charge on any atom is 0.236 e. The molecule has 5 nitrogen and oxygen atoms in total. The van der Waals surface area contributed by atoms with Crippen LogP contribution in [0.5, 0.6) is 0 Å². The molecular weight excluding hydrogens is 264 g/mol. The first-order valence-electron chi connectivity index (χ1n) is 7.82. The number of carbonyl (C=O) groups is 1. The van der Waals surface area contributed by atoms with Crippen molar-refractivity contribution in [3.63, 3.8) is 0 Å². The van der Waals surface area contributed by atoms with Crippen molar-refractivity contribution in [2.24, 2.45) is 0 Å². The highest BCUT2D eigenvalue weighted by atomic mass is 16.2. The molecule has 1 amide bonds. The normalized spacial score (nSPS) is 16.0. The molecule has 0 radical (unpaired) electrons. The van der Waals surface area contributed by atoms with Crippen LogP contribution in [0.1, 0.15) is 19.5 Å². The van der Waals surface area contributed by atoms with Crippen molar-refractivity contribution in [1.29, 1.82) is 0 Å². The SMILES string of the molecule is CCN(CC)C(=O)CN1CCN(c2cccc(C)n2)CC1. The summed E-state index contributed by atoms with van der Waals surface area (Å²) in [5.41, 5.74) is 1.05. The molecule has 1 aromatic heterocycles. The summed E-state index contributed by atoms with van der Waals surface area (Å²) >= 11 is 0. The molecule has 1 aromatic rings. The van der Waals surface area contributed by atoms with E-state index in [2.05, 4.69) is 20.9 Å². The highest BCUT2D eigenvalue weighted by Gasteiger charge is 2.21. The van der Waals surface area contributed by atoms with Crippen LogP contribution in [-0.4, -0.2) is 66.5 Å². The minimum absolute atomic E-state index is 0.238. The molecule has 5 heteroatoms. The summed E-state index contributed by atoms with van der Waals surface area (Å²) < 4.78 is 0. The average Bonchev–Trinajstić information content (AvgIpc) is 2.49. The second kappa shape index (κ2) is 7.41. The average molecular weight is 290 g/mol. The fraction of sp³-hybridized carbons (Fsp3) is 0.625. The van der Waals surface area contributed by atoms with Gasteiger partial charge in [0.15, 0.2) is 0 Å². The molecule has 0 bridgehead atoms. The van der Waals surface area contributed by atoms with E-state index in [9.17, 15) is 4.79 Å². The molecule has 2 rings (SSSR count). The van der Waals surface area contributed by atoms with Crippen LogP contribution >= 0.6 is 0 Å². The predicted octanol–water partition coefficient (Wildman–Crippen LogP) is 1.38. The zero-order chi connectivity index (χ0) is 15.2. The Labute approximate surface area is 127 Å². The van der Waals surface area contributed by atoms with Crippen molar-refractivity contribution < 1.29 is 4.79 Å². The van der Waals surface area contributed by atoms with E-state index in [1.807, 2.05) is 37.8 Å². The highest BCUT2D eigenvalue weighted by Crippen LogP contribution is 2.14. The van der Waals surface area contributed by atoms with Crippen molar-refractivity contribution in [3.05, 3.63) is 23.9 Å². The lowest BCUT2D eigenvalue weighted by Crippen LogP contribution is -2.50. The van der Waals surface area contributed by atoms with Gasteiger partial charge in [0.05, 0.1) is 6.54 Å². The molecule has 1 fully saturated rings. The Balaban J connectivity index is 1.84. The van der Waals surface area contributed by atoms with Crippen LogP contribution in [0.25, 0.3) is 0 Å². The number of amides is 1. The summed E-state index contributed by atoms with van der Waals surface area (Å²) in [5.74, 6) is 1.28. The number of piperazine rings is 1. The molecule has 1 aliphatic heterocycles. The van der Waals surface area contributed by atoms with E-state index in [1.54, 1.807) is 0 Å². The van der Waals surface area contributed by atoms with Gasteiger partial charge < -0.3 is 9.80 Å². The molecule has 1 saturated heterocycles. The monoisotopic (exact) mass is 290 g/mol. The van der Waals surface area contributed by atoms with E-state index in [0.717, 1.165) is 50.8 Å². The number of carbonyl (C=O) groups excluding carboxylic acids is 1. The lowest BCUT2D eigenvalue weighted by molar-refractivity contribution is -0.132. The quantitative estimate of drug-likeness (QED) is 0.821. The van der Waals surface area contributed by atoms with Crippen LogP contribution in [0.4, 0.5) is 5.82 Å². The first kappa shape index (κ1) is 15.8. The molecular formula is C16H26N4O. The fourth-order valence-corrected chi connectivity index (χ4v) is 2.71. The number of likely N-dealkylation sites (N-methyl/N-ethyl adjacent to an activating group) is 1. The van der Waals surface area contributed by atoms with Crippen molar-refractivity contribution >= 4 is 11.7 Å². The lowest BCUT2D eigenvalue weighted by atomic mass is 10.3. The summed E-state index contributed by atoms with van der Waals surface area (Å²) in [6.45, 7) is 11.9. The minimum atomic E-state index is 0.238. The highest BCUT2D eigenvalue weighted by molar-refractivity contribution is 5.78. The van der Waals surface area contributed by atoms with Gasteiger partial charge >= 0.3 is 0 Å². The third kappa shape index (κ3) is 4.17. The van der Waals surface area contributed by atoms with Crippen LogP contribution < -0.4 is 4.90 Å². The Hall–Kier alpha value is -1.62. The van der Waals surface area contributed by atoms with Crippen LogP contribution in [0.3, 0.4) is 0 Å². The van der Waals surface area contributed by atoms with Gasteiger partial charge in [-0.25, -0.2) is 4.98 Å². The second-order valence-electron chi connectivity index (χ2n) is 5.47. The summed E-state index contributed by atoms with van der Waals surface area (Å²) in [4.78, 5) is 23.1. The number of aryl methyl sites for hydroxylation is 1. The Morgan fingerprint density at radius 2 is 1.86 bits per heavy atom. The Morgan fingerprint density at radius 1 is 1.19 bits per heavy atom. The van der Waals surface area contributed by atoms with Gasteiger partial charge in [-0.15, -0.1) is 0 Å². The number of aromatic nitrogens is 1. The number of rotatable bonds is 5. The second-order valence-corrected chi connectivity index (χ2v) is 5.47. The van der Waals surface area contributed by atoms with Gasteiger partial charge in [0.25, 0.3) is 0 Å². The Morgan fingerprint density at radius 3 is 2.43 bits per heavy atom. The molecule has 0 atom stereocenters. The Kier molecular flexibility index (Phi) is 5.56. The molecule has 2 heterocycles. The smallest absolute Gasteiger partial charge is 0.236 e. The van der Waals surface area contributed by atoms with Gasteiger partial charge in [-0.05, 0) is 32.9 Å². The van der Waals surface area contributed by atoms with E-state index >= 15 is 0 Å². The van der Waals surface area contributed by atoms with Crippen LogP contribution in [0, 0.1) is 6.92 Å². The standard InChI is InChI=1S/C16H26N4O/c1-4-19(5-2)16(21)13-18-9-11-20(12-10-18)15-8-6-7-14(3)17-15/h6-8H,4-5,9-13H2,1-3H3. The molecule has 0 aromatic carbocycles. The first-order valence-corrected chi connectivity index (χ1v) is 7.82. The van der Waals surface area contributed by atoms with Gasteiger partial charge in [0, 0.05) is 45.0 Å². The molecule has 0 unspecified atom stereocenters.